The Labute approximate surface area is 120 Å². The maximum atomic E-state index is 11.5. The van der Waals surface area contributed by atoms with Crippen molar-refractivity contribution in [1.82, 2.24) is 5.32 Å². The van der Waals surface area contributed by atoms with Gasteiger partial charge in [0.15, 0.2) is 0 Å². The zero-order chi connectivity index (χ0) is 14.5. The molecule has 0 aliphatic heterocycles. The van der Waals surface area contributed by atoms with Gasteiger partial charge < -0.3 is 15.2 Å². The lowest BCUT2D eigenvalue weighted by Crippen LogP contribution is -2.43. The molecule has 0 fully saturated rings. The number of hydrogen-bond donors (Lipinski definition) is 2. The highest BCUT2D eigenvalue weighted by Crippen LogP contribution is 2.26. The maximum absolute atomic E-state index is 11.5. The Kier molecular flexibility index (Phi) is 4.70. The number of carboxylic acid groups (broad SMARTS) is 1. The van der Waals surface area contributed by atoms with Gasteiger partial charge in [-0.05, 0) is 22.4 Å². The van der Waals surface area contributed by atoms with E-state index in [1.807, 2.05) is 29.6 Å². The number of thiophene rings is 1. The summed E-state index contributed by atoms with van der Waals surface area (Å²) in [5.74, 6) is -1.48. The third kappa shape index (κ3) is 3.34. The largest absolute Gasteiger partial charge is 0.480 e. The highest BCUT2D eigenvalue weighted by molar-refractivity contribution is 7.17. The number of nitrogens with one attached hydrogen (secondary N) is 1. The Morgan fingerprint density at radius 3 is 2.85 bits per heavy atom. The summed E-state index contributed by atoms with van der Waals surface area (Å²) in [6.45, 7) is -0.145. The molecule has 1 aromatic carbocycles. The van der Waals surface area contributed by atoms with Gasteiger partial charge in [0.25, 0.3) is 0 Å². The molecule has 1 unspecified atom stereocenters. The number of carbonyl (C=O) groups excluding carboxylic acids is 1. The molecule has 1 atom stereocenters. The second kappa shape index (κ2) is 6.49. The molecule has 2 N–H and O–H groups in total. The van der Waals surface area contributed by atoms with Crippen LogP contribution in [0.1, 0.15) is 5.56 Å². The van der Waals surface area contributed by atoms with E-state index < -0.39 is 17.9 Å². The molecule has 20 heavy (non-hydrogen) atoms. The number of hydrogen-bond acceptors (Lipinski definition) is 4. The summed E-state index contributed by atoms with van der Waals surface area (Å²) >= 11 is 1.57. The molecule has 6 heteroatoms. The van der Waals surface area contributed by atoms with E-state index in [0.717, 1.165) is 15.6 Å². The van der Waals surface area contributed by atoms with E-state index in [2.05, 4.69) is 10.1 Å². The quantitative estimate of drug-likeness (QED) is 0.849. The first-order valence-electron chi connectivity index (χ1n) is 6.08. The minimum absolute atomic E-state index is 0.145. The Morgan fingerprint density at radius 2 is 2.15 bits per heavy atom. The molecular weight excluding hydrogens is 278 g/mol. The molecular formula is C14H15NO4S. The fraction of sp³-hybridized carbons (Fsp3) is 0.286. The fourth-order valence-corrected chi connectivity index (χ4v) is 2.95. The first-order chi connectivity index (χ1) is 9.61. The molecule has 0 aliphatic carbocycles. The Morgan fingerprint density at radius 1 is 1.40 bits per heavy atom. The average molecular weight is 293 g/mol. The smallest absolute Gasteiger partial charge is 0.326 e. The minimum atomic E-state index is -1.05. The van der Waals surface area contributed by atoms with Gasteiger partial charge in [-0.3, -0.25) is 4.79 Å². The van der Waals surface area contributed by atoms with Gasteiger partial charge in [0, 0.05) is 18.2 Å². The predicted molar refractivity (Wildman–Crippen MR) is 77.0 cm³/mol. The molecule has 1 aromatic heterocycles. The van der Waals surface area contributed by atoms with Gasteiger partial charge in [-0.15, -0.1) is 11.3 Å². The van der Waals surface area contributed by atoms with Crippen molar-refractivity contribution in [1.29, 1.82) is 0 Å². The van der Waals surface area contributed by atoms with Crippen molar-refractivity contribution in [3.63, 3.8) is 0 Å². The van der Waals surface area contributed by atoms with Gasteiger partial charge in [-0.25, -0.2) is 4.79 Å². The Hall–Kier alpha value is -1.92. The van der Waals surface area contributed by atoms with Gasteiger partial charge in [-0.2, -0.15) is 0 Å². The number of carbonyl (C=O) groups is 2. The normalized spacial score (nSPS) is 12.2. The number of carboxylic acids is 1. The summed E-state index contributed by atoms with van der Waals surface area (Å²) in [4.78, 5) is 22.7. The molecule has 2 rings (SSSR count). The van der Waals surface area contributed by atoms with Gasteiger partial charge >= 0.3 is 5.97 Å². The third-order valence-corrected chi connectivity index (χ3v) is 3.91. The van der Waals surface area contributed by atoms with Crippen LogP contribution in [0.4, 0.5) is 0 Å². The average Bonchev–Trinajstić information content (AvgIpc) is 2.82. The maximum Gasteiger partial charge on any atom is 0.326 e. The molecule has 0 bridgehead atoms. The number of fused-ring (bicyclic) bond motifs is 1. The monoisotopic (exact) mass is 293 g/mol. The SMILES string of the molecule is COCC(=O)NC(Cc1csc2ccccc12)C(=O)O. The number of amides is 1. The lowest BCUT2D eigenvalue weighted by Gasteiger charge is -2.13. The summed E-state index contributed by atoms with van der Waals surface area (Å²) < 4.78 is 5.79. The summed E-state index contributed by atoms with van der Waals surface area (Å²) in [5.41, 5.74) is 0.927. The van der Waals surface area contributed by atoms with Crippen molar-refractivity contribution in [3.8, 4) is 0 Å². The van der Waals surface area contributed by atoms with E-state index in [4.69, 9.17) is 0 Å². The van der Waals surface area contributed by atoms with Crippen LogP contribution in [0.3, 0.4) is 0 Å². The second-order valence-electron chi connectivity index (χ2n) is 4.35. The van der Waals surface area contributed by atoms with Crippen molar-refractivity contribution in [3.05, 3.63) is 35.2 Å². The lowest BCUT2D eigenvalue weighted by molar-refractivity contribution is -0.142. The number of aliphatic carboxylic acids is 1. The van der Waals surface area contributed by atoms with Gasteiger partial charge in [0.2, 0.25) is 5.91 Å². The van der Waals surface area contributed by atoms with E-state index >= 15 is 0 Å². The van der Waals surface area contributed by atoms with Crippen LogP contribution in [-0.2, 0) is 20.7 Å². The van der Waals surface area contributed by atoms with Crippen LogP contribution >= 0.6 is 11.3 Å². The fourth-order valence-electron chi connectivity index (χ4n) is 1.98. The van der Waals surface area contributed by atoms with E-state index in [9.17, 15) is 14.7 Å². The van der Waals surface area contributed by atoms with Crippen molar-refractivity contribution in [2.45, 2.75) is 12.5 Å². The van der Waals surface area contributed by atoms with E-state index in [1.165, 1.54) is 7.11 Å². The van der Waals surface area contributed by atoms with Crippen LogP contribution in [-0.4, -0.2) is 36.7 Å². The van der Waals surface area contributed by atoms with Crippen molar-refractivity contribution < 1.29 is 19.4 Å². The molecule has 5 nitrogen and oxygen atoms in total. The third-order valence-electron chi connectivity index (χ3n) is 2.89. The van der Waals surface area contributed by atoms with Crippen LogP contribution in [0.25, 0.3) is 10.1 Å². The number of ether oxygens (including phenoxy) is 1. The number of rotatable bonds is 6. The van der Waals surface area contributed by atoms with E-state index in [1.54, 1.807) is 11.3 Å². The molecule has 0 saturated carbocycles. The molecule has 0 saturated heterocycles. The van der Waals surface area contributed by atoms with Crippen LogP contribution in [0.2, 0.25) is 0 Å². The van der Waals surface area contributed by atoms with Crippen molar-refractivity contribution in [2.24, 2.45) is 0 Å². The molecule has 0 spiro atoms. The van der Waals surface area contributed by atoms with Crippen LogP contribution in [0, 0.1) is 0 Å². The second-order valence-corrected chi connectivity index (χ2v) is 5.26. The molecule has 1 heterocycles. The Balaban J connectivity index is 2.15. The van der Waals surface area contributed by atoms with Gasteiger partial charge in [-0.1, -0.05) is 18.2 Å². The summed E-state index contributed by atoms with van der Waals surface area (Å²) in [7, 11) is 1.39. The summed E-state index contributed by atoms with van der Waals surface area (Å²) in [5, 5.41) is 14.6. The predicted octanol–water partition coefficient (Wildman–Crippen LogP) is 1.66. The number of benzene rings is 1. The topological polar surface area (TPSA) is 75.6 Å². The van der Waals surface area contributed by atoms with Crippen LogP contribution in [0.5, 0.6) is 0 Å². The summed E-state index contributed by atoms with van der Waals surface area (Å²) in [6.07, 6.45) is 0.259. The highest BCUT2D eigenvalue weighted by atomic mass is 32.1. The zero-order valence-electron chi connectivity index (χ0n) is 11.0. The van der Waals surface area contributed by atoms with E-state index in [0.29, 0.717) is 0 Å². The zero-order valence-corrected chi connectivity index (χ0v) is 11.8. The Bertz CT molecular complexity index is 622. The van der Waals surface area contributed by atoms with Crippen LogP contribution in [0.15, 0.2) is 29.6 Å². The van der Waals surface area contributed by atoms with Crippen molar-refractivity contribution >= 4 is 33.3 Å². The standard InChI is InChI=1S/C14H15NO4S/c1-19-7-13(16)15-11(14(17)18)6-9-8-20-12-5-3-2-4-10(9)12/h2-5,8,11H,6-7H2,1H3,(H,15,16)(H,17,18). The van der Waals surface area contributed by atoms with Crippen LogP contribution < -0.4 is 5.32 Å². The minimum Gasteiger partial charge on any atom is -0.480 e. The molecule has 1 amide bonds. The summed E-state index contributed by atoms with van der Waals surface area (Å²) in [6, 6.07) is 6.85. The first kappa shape index (κ1) is 14.5. The first-order valence-corrected chi connectivity index (χ1v) is 6.96. The molecule has 0 aliphatic rings. The van der Waals surface area contributed by atoms with E-state index in [-0.39, 0.29) is 13.0 Å². The lowest BCUT2D eigenvalue weighted by atomic mass is 10.1. The number of methoxy groups -OCH3 is 1. The molecule has 2 aromatic rings. The molecule has 0 radical (unpaired) electrons. The highest BCUT2D eigenvalue weighted by Gasteiger charge is 2.21. The van der Waals surface area contributed by atoms with Gasteiger partial charge in [0.1, 0.15) is 12.6 Å². The van der Waals surface area contributed by atoms with Crippen molar-refractivity contribution in [2.75, 3.05) is 13.7 Å². The molecule has 106 valence electrons. The van der Waals surface area contributed by atoms with Gasteiger partial charge in [0.05, 0.1) is 0 Å².